The van der Waals surface area contributed by atoms with Crippen LogP contribution >= 0.6 is 11.6 Å². The van der Waals surface area contributed by atoms with Crippen molar-refractivity contribution in [1.29, 1.82) is 0 Å². The lowest BCUT2D eigenvalue weighted by Crippen LogP contribution is -2.02. The molecule has 0 radical (unpaired) electrons. The van der Waals surface area contributed by atoms with E-state index in [-0.39, 0.29) is 6.42 Å². The number of hydrogen-bond donors (Lipinski definition) is 1. The summed E-state index contributed by atoms with van der Waals surface area (Å²) in [5.74, 6) is 0.343. The lowest BCUT2D eigenvalue weighted by atomic mass is 10.1. The molecule has 1 aromatic carbocycles. The number of carboxylic acid groups (broad SMARTS) is 1. The third-order valence-corrected chi connectivity index (χ3v) is 2.62. The molecule has 1 rings (SSSR count). The fraction of sp³-hybridized carbons (Fsp3) is 0.462. The molecule has 0 unspecified atom stereocenters. The monoisotopic (exact) mass is 272 g/mol. The minimum atomic E-state index is -0.845. The Morgan fingerprint density at radius 2 is 1.83 bits per heavy atom. The summed E-state index contributed by atoms with van der Waals surface area (Å²) in [6, 6.07) is 3.42. The highest BCUT2D eigenvalue weighted by Gasteiger charge is 2.12. The van der Waals surface area contributed by atoms with E-state index in [2.05, 4.69) is 0 Å². The second-order valence-electron chi connectivity index (χ2n) is 3.65. The zero-order valence-electron chi connectivity index (χ0n) is 10.5. The third kappa shape index (κ3) is 4.11. The quantitative estimate of drug-likeness (QED) is 0.828. The maximum Gasteiger partial charge on any atom is 0.303 e. The van der Waals surface area contributed by atoms with E-state index in [9.17, 15) is 4.79 Å². The number of halogens is 1. The van der Waals surface area contributed by atoms with E-state index < -0.39 is 5.97 Å². The molecule has 0 aromatic heterocycles. The Hall–Kier alpha value is -1.42. The molecule has 18 heavy (non-hydrogen) atoms. The number of carboxylic acids is 1. The molecule has 0 aliphatic rings. The Labute approximate surface area is 111 Å². The number of benzene rings is 1. The van der Waals surface area contributed by atoms with Crippen molar-refractivity contribution in [3.63, 3.8) is 0 Å². The molecule has 0 bridgehead atoms. The van der Waals surface area contributed by atoms with Gasteiger partial charge in [0.05, 0.1) is 18.2 Å². The molecule has 0 heterocycles. The summed E-state index contributed by atoms with van der Waals surface area (Å²) >= 11 is 6.07. The van der Waals surface area contributed by atoms with Crippen LogP contribution in [0.25, 0.3) is 0 Å². The Bertz CT molecular complexity index is 418. The van der Waals surface area contributed by atoms with Crippen LogP contribution in [0.5, 0.6) is 11.5 Å². The van der Waals surface area contributed by atoms with Crippen molar-refractivity contribution in [1.82, 2.24) is 0 Å². The highest BCUT2D eigenvalue weighted by atomic mass is 35.5. The predicted octanol–water partition coefficient (Wildman–Crippen LogP) is 3.15. The largest absolute Gasteiger partial charge is 0.493 e. The van der Waals surface area contributed by atoms with E-state index in [1.165, 1.54) is 0 Å². The van der Waals surface area contributed by atoms with Crippen molar-refractivity contribution in [2.45, 2.75) is 26.7 Å². The van der Waals surface area contributed by atoms with Crippen LogP contribution < -0.4 is 9.47 Å². The maximum atomic E-state index is 10.6. The summed E-state index contributed by atoms with van der Waals surface area (Å²) in [5, 5.41) is 9.18. The molecular formula is C13H17ClO4. The Balaban J connectivity index is 2.99. The molecule has 0 fully saturated rings. The molecule has 0 aliphatic heterocycles. The Morgan fingerprint density at radius 1 is 1.22 bits per heavy atom. The topological polar surface area (TPSA) is 55.8 Å². The van der Waals surface area contributed by atoms with E-state index in [4.69, 9.17) is 26.2 Å². The molecule has 1 N–H and O–H groups in total. The van der Waals surface area contributed by atoms with Crippen LogP contribution in [0.2, 0.25) is 5.02 Å². The summed E-state index contributed by atoms with van der Waals surface area (Å²) in [6.45, 7) is 4.76. The first kappa shape index (κ1) is 14.6. The van der Waals surface area contributed by atoms with E-state index in [1.807, 2.05) is 13.8 Å². The SMILES string of the molecule is CCOc1cc(OCC)c(CCC(=O)O)cc1Cl. The average molecular weight is 273 g/mol. The van der Waals surface area contributed by atoms with Crippen LogP contribution in [-0.2, 0) is 11.2 Å². The van der Waals surface area contributed by atoms with Crippen LogP contribution in [0, 0.1) is 0 Å². The number of aryl methyl sites for hydroxylation is 1. The van der Waals surface area contributed by atoms with Crippen molar-refractivity contribution in [3.05, 3.63) is 22.7 Å². The van der Waals surface area contributed by atoms with E-state index >= 15 is 0 Å². The number of rotatable bonds is 7. The van der Waals surface area contributed by atoms with Crippen molar-refractivity contribution < 1.29 is 19.4 Å². The van der Waals surface area contributed by atoms with Gasteiger partial charge in [0.15, 0.2) is 0 Å². The van der Waals surface area contributed by atoms with Gasteiger partial charge in [-0.2, -0.15) is 0 Å². The van der Waals surface area contributed by atoms with Crippen LogP contribution in [-0.4, -0.2) is 24.3 Å². The van der Waals surface area contributed by atoms with Gasteiger partial charge >= 0.3 is 5.97 Å². The summed E-state index contributed by atoms with van der Waals surface area (Å²) in [7, 11) is 0. The standard InChI is InChI=1S/C13H17ClO4/c1-3-17-11-8-12(18-4-2)10(14)7-9(11)5-6-13(15)16/h7-8H,3-6H2,1-2H3,(H,15,16). The summed E-state index contributed by atoms with van der Waals surface area (Å²) < 4.78 is 10.9. The molecule has 5 heteroatoms. The fourth-order valence-electron chi connectivity index (χ4n) is 1.57. The second-order valence-corrected chi connectivity index (χ2v) is 4.06. The first-order valence-electron chi connectivity index (χ1n) is 5.88. The van der Waals surface area contributed by atoms with Crippen LogP contribution in [0.1, 0.15) is 25.8 Å². The van der Waals surface area contributed by atoms with Gasteiger partial charge in [-0.05, 0) is 31.9 Å². The maximum absolute atomic E-state index is 10.6. The normalized spacial score (nSPS) is 10.2. The zero-order chi connectivity index (χ0) is 13.5. The highest BCUT2D eigenvalue weighted by molar-refractivity contribution is 6.32. The second kappa shape index (κ2) is 7.11. The predicted molar refractivity (Wildman–Crippen MR) is 69.7 cm³/mol. The van der Waals surface area contributed by atoms with Crippen molar-refractivity contribution >= 4 is 17.6 Å². The number of ether oxygens (including phenoxy) is 2. The first-order valence-corrected chi connectivity index (χ1v) is 6.26. The molecule has 1 aromatic rings. The average Bonchev–Trinajstić information content (AvgIpc) is 2.31. The molecule has 0 saturated heterocycles. The van der Waals surface area contributed by atoms with Gasteiger partial charge in [0, 0.05) is 12.5 Å². The van der Waals surface area contributed by atoms with Crippen molar-refractivity contribution in [2.24, 2.45) is 0 Å². The van der Waals surface area contributed by atoms with Gasteiger partial charge in [0.1, 0.15) is 11.5 Å². The molecule has 0 atom stereocenters. The molecule has 0 aliphatic carbocycles. The lowest BCUT2D eigenvalue weighted by molar-refractivity contribution is -0.136. The van der Waals surface area contributed by atoms with E-state index in [1.54, 1.807) is 12.1 Å². The summed E-state index contributed by atoms with van der Waals surface area (Å²) in [5.41, 5.74) is 0.785. The fourth-order valence-corrected chi connectivity index (χ4v) is 1.81. The molecular weight excluding hydrogens is 256 g/mol. The van der Waals surface area contributed by atoms with Crippen LogP contribution in [0.15, 0.2) is 12.1 Å². The number of carbonyl (C=O) groups is 1. The summed E-state index contributed by atoms with van der Waals surface area (Å²) in [4.78, 5) is 10.6. The van der Waals surface area contributed by atoms with E-state index in [0.717, 1.165) is 5.56 Å². The minimum absolute atomic E-state index is 0.0460. The van der Waals surface area contributed by atoms with Gasteiger partial charge in [-0.15, -0.1) is 0 Å². The number of aliphatic carboxylic acids is 1. The zero-order valence-corrected chi connectivity index (χ0v) is 11.3. The Kier molecular flexibility index (Phi) is 5.78. The van der Waals surface area contributed by atoms with Gasteiger partial charge in [0.2, 0.25) is 0 Å². The van der Waals surface area contributed by atoms with Gasteiger partial charge < -0.3 is 14.6 Å². The van der Waals surface area contributed by atoms with Gasteiger partial charge in [-0.25, -0.2) is 0 Å². The van der Waals surface area contributed by atoms with Crippen molar-refractivity contribution in [2.75, 3.05) is 13.2 Å². The first-order chi connectivity index (χ1) is 8.58. The minimum Gasteiger partial charge on any atom is -0.493 e. The molecule has 100 valence electrons. The molecule has 0 amide bonds. The van der Waals surface area contributed by atoms with Gasteiger partial charge in [0.25, 0.3) is 0 Å². The van der Waals surface area contributed by atoms with Crippen LogP contribution in [0.4, 0.5) is 0 Å². The molecule has 4 nitrogen and oxygen atoms in total. The highest BCUT2D eigenvalue weighted by Crippen LogP contribution is 2.33. The van der Waals surface area contributed by atoms with E-state index in [0.29, 0.717) is 36.2 Å². The van der Waals surface area contributed by atoms with Gasteiger partial charge in [-0.1, -0.05) is 11.6 Å². The molecule has 0 spiro atoms. The number of hydrogen-bond acceptors (Lipinski definition) is 3. The van der Waals surface area contributed by atoms with Gasteiger partial charge in [-0.3, -0.25) is 4.79 Å². The molecule has 0 saturated carbocycles. The van der Waals surface area contributed by atoms with Crippen LogP contribution in [0.3, 0.4) is 0 Å². The van der Waals surface area contributed by atoms with Crippen molar-refractivity contribution in [3.8, 4) is 11.5 Å². The third-order valence-electron chi connectivity index (χ3n) is 2.32. The summed E-state index contributed by atoms with van der Waals surface area (Å²) in [6.07, 6.45) is 0.432. The lowest BCUT2D eigenvalue weighted by Gasteiger charge is -2.13. The Morgan fingerprint density at radius 3 is 2.39 bits per heavy atom. The smallest absolute Gasteiger partial charge is 0.303 e.